The summed E-state index contributed by atoms with van der Waals surface area (Å²) in [5, 5.41) is 0. The minimum atomic E-state index is -0.388. The van der Waals surface area contributed by atoms with Gasteiger partial charge in [0, 0.05) is 11.1 Å². The lowest BCUT2D eigenvalue weighted by Crippen LogP contribution is -2.37. The summed E-state index contributed by atoms with van der Waals surface area (Å²) < 4.78 is 11.3. The van der Waals surface area contributed by atoms with Crippen LogP contribution < -0.4 is 4.74 Å². The molecule has 5 rings (SSSR count). The average Bonchev–Trinajstić information content (AvgIpc) is 3.44. The highest BCUT2D eigenvalue weighted by Crippen LogP contribution is 2.44. The van der Waals surface area contributed by atoms with Crippen LogP contribution in [0.25, 0.3) is 0 Å². The van der Waals surface area contributed by atoms with Crippen LogP contribution in [0.15, 0.2) is 66.7 Å². The van der Waals surface area contributed by atoms with E-state index in [9.17, 15) is 14.4 Å². The van der Waals surface area contributed by atoms with Crippen molar-refractivity contribution in [1.82, 2.24) is 4.90 Å². The standard InChI is InChI=1S/C23H19NO5/c25-21(14-4-2-1-3-5-14)15-6-8-16(9-7-15)28-13-12-24-22(26)19-17-10-11-18(29-17)20(19)23(24)27/h1-11,17-20H,12-13H2. The van der Waals surface area contributed by atoms with E-state index in [0.717, 1.165) is 0 Å². The Hall–Kier alpha value is -3.25. The Morgan fingerprint density at radius 2 is 1.45 bits per heavy atom. The molecule has 3 heterocycles. The minimum Gasteiger partial charge on any atom is -0.492 e. The number of imide groups is 1. The molecule has 0 saturated carbocycles. The highest BCUT2D eigenvalue weighted by Gasteiger charge is 2.60. The number of hydrogen-bond donors (Lipinski definition) is 0. The lowest BCUT2D eigenvalue weighted by atomic mass is 9.85. The Labute approximate surface area is 167 Å². The first-order valence-electron chi connectivity index (χ1n) is 9.65. The Morgan fingerprint density at radius 3 is 2.07 bits per heavy atom. The molecule has 146 valence electrons. The van der Waals surface area contributed by atoms with Gasteiger partial charge in [-0.25, -0.2) is 0 Å². The van der Waals surface area contributed by atoms with Crippen LogP contribution in [0.2, 0.25) is 0 Å². The van der Waals surface area contributed by atoms with E-state index in [1.54, 1.807) is 36.4 Å². The molecule has 2 aromatic carbocycles. The summed E-state index contributed by atoms with van der Waals surface area (Å²) >= 11 is 0. The van der Waals surface area contributed by atoms with Gasteiger partial charge in [-0.1, -0.05) is 42.5 Å². The van der Waals surface area contributed by atoms with Gasteiger partial charge >= 0.3 is 0 Å². The van der Waals surface area contributed by atoms with E-state index < -0.39 is 0 Å². The maximum Gasteiger partial charge on any atom is 0.236 e. The zero-order valence-corrected chi connectivity index (χ0v) is 15.6. The third-order valence-electron chi connectivity index (χ3n) is 5.74. The predicted octanol–water partition coefficient (Wildman–Crippen LogP) is 2.23. The van der Waals surface area contributed by atoms with E-state index in [0.29, 0.717) is 16.9 Å². The summed E-state index contributed by atoms with van der Waals surface area (Å²) in [4.78, 5) is 38.9. The summed E-state index contributed by atoms with van der Waals surface area (Å²) in [6, 6.07) is 15.9. The summed E-state index contributed by atoms with van der Waals surface area (Å²) in [7, 11) is 0. The largest absolute Gasteiger partial charge is 0.492 e. The van der Waals surface area contributed by atoms with Crippen molar-refractivity contribution >= 4 is 17.6 Å². The van der Waals surface area contributed by atoms with Crippen molar-refractivity contribution in [3.05, 3.63) is 77.9 Å². The van der Waals surface area contributed by atoms with E-state index in [1.807, 2.05) is 30.4 Å². The number of carbonyl (C=O) groups excluding carboxylic acids is 3. The molecule has 2 fully saturated rings. The molecule has 2 aromatic rings. The van der Waals surface area contributed by atoms with Crippen molar-refractivity contribution in [2.24, 2.45) is 11.8 Å². The molecule has 2 saturated heterocycles. The fourth-order valence-electron chi connectivity index (χ4n) is 4.30. The van der Waals surface area contributed by atoms with Crippen molar-refractivity contribution < 1.29 is 23.9 Å². The lowest BCUT2D eigenvalue weighted by Gasteiger charge is -2.17. The van der Waals surface area contributed by atoms with E-state index in [-0.39, 0.29) is 54.8 Å². The van der Waals surface area contributed by atoms with Gasteiger partial charge < -0.3 is 9.47 Å². The third-order valence-corrected chi connectivity index (χ3v) is 5.74. The van der Waals surface area contributed by atoms with E-state index in [2.05, 4.69) is 0 Å². The van der Waals surface area contributed by atoms with Crippen molar-refractivity contribution in [3.8, 4) is 5.75 Å². The number of hydrogen-bond acceptors (Lipinski definition) is 5. The fraction of sp³-hybridized carbons (Fsp3) is 0.261. The first kappa shape index (κ1) is 17.8. The maximum atomic E-state index is 12.6. The Kier molecular flexibility index (Phi) is 4.28. The Bertz CT molecular complexity index is 968. The van der Waals surface area contributed by atoms with E-state index in [4.69, 9.17) is 9.47 Å². The number of rotatable bonds is 6. The van der Waals surface area contributed by atoms with Gasteiger partial charge in [0.25, 0.3) is 0 Å². The molecule has 0 radical (unpaired) electrons. The first-order valence-corrected chi connectivity index (χ1v) is 9.65. The highest BCUT2D eigenvalue weighted by molar-refractivity contribution is 6.09. The minimum absolute atomic E-state index is 0.0533. The van der Waals surface area contributed by atoms with Gasteiger partial charge in [0.1, 0.15) is 12.4 Å². The van der Waals surface area contributed by atoms with Gasteiger partial charge in [0.2, 0.25) is 11.8 Å². The van der Waals surface area contributed by atoms with Crippen molar-refractivity contribution in [1.29, 1.82) is 0 Å². The van der Waals surface area contributed by atoms with Gasteiger partial charge in [0.15, 0.2) is 5.78 Å². The topological polar surface area (TPSA) is 72.9 Å². The normalized spacial score (nSPS) is 26.8. The van der Waals surface area contributed by atoms with Gasteiger partial charge in [0.05, 0.1) is 30.6 Å². The second-order valence-corrected chi connectivity index (χ2v) is 7.40. The van der Waals surface area contributed by atoms with Crippen LogP contribution in [0.5, 0.6) is 5.75 Å². The smallest absolute Gasteiger partial charge is 0.236 e. The molecule has 4 unspecified atom stereocenters. The summed E-state index contributed by atoms with van der Waals surface area (Å²) in [5.74, 6) is -0.601. The number of benzene rings is 2. The third kappa shape index (κ3) is 2.96. The number of ether oxygens (including phenoxy) is 2. The van der Waals surface area contributed by atoms with Gasteiger partial charge in [-0.15, -0.1) is 0 Å². The molecule has 29 heavy (non-hydrogen) atoms. The molecular formula is C23H19NO5. The molecule has 3 aliphatic rings. The molecule has 2 amide bonds. The number of amides is 2. The molecule has 3 aliphatic heterocycles. The van der Waals surface area contributed by atoms with E-state index in [1.165, 1.54) is 4.90 Å². The summed E-state index contributed by atoms with van der Waals surface area (Å²) in [6.07, 6.45) is 3.19. The van der Waals surface area contributed by atoms with Crippen LogP contribution in [0.3, 0.4) is 0 Å². The predicted molar refractivity (Wildman–Crippen MR) is 103 cm³/mol. The van der Waals surface area contributed by atoms with Gasteiger partial charge in [-0.05, 0) is 24.3 Å². The molecule has 2 bridgehead atoms. The maximum absolute atomic E-state index is 12.6. The molecule has 0 aromatic heterocycles. The van der Waals surface area contributed by atoms with Crippen LogP contribution >= 0.6 is 0 Å². The number of ketones is 1. The van der Waals surface area contributed by atoms with Crippen molar-refractivity contribution in [2.75, 3.05) is 13.2 Å². The van der Waals surface area contributed by atoms with Gasteiger partial charge in [-0.2, -0.15) is 0 Å². The van der Waals surface area contributed by atoms with Crippen molar-refractivity contribution in [3.63, 3.8) is 0 Å². The average molecular weight is 389 g/mol. The van der Waals surface area contributed by atoms with Crippen LogP contribution in [0.1, 0.15) is 15.9 Å². The van der Waals surface area contributed by atoms with Gasteiger partial charge in [-0.3, -0.25) is 19.3 Å². The number of nitrogens with zero attached hydrogens (tertiary/aromatic N) is 1. The van der Waals surface area contributed by atoms with E-state index >= 15 is 0 Å². The summed E-state index contributed by atoms with van der Waals surface area (Å²) in [6.45, 7) is 0.404. The Balaban J connectivity index is 1.18. The second-order valence-electron chi connectivity index (χ2n) is 7.40. The quantitative estimate of drug-likeness (QED) is 0.430. The van der Waals surface area contributed by atoms with Crippen LogP contribution in [-0.2, 0) is 14.3 Å². The molecular weight excluding hydrogens is 370 g/mol. The lowest BCUT2D eigenvalue weighted by molar-refractivity contribution is -0.142. The zero-order valence-electron chi connectivity index (χ0n) is 15.6. The zero-order chi connectivity index (χ0) is 20.0. The van der Waals surface area contributed by atoms with Crippen LogP contribution in [-0.4, -0.2) is 47.9 Å². The van der Waals surface area contributed by atoms with Crippen LogP contribution in [0.4, 0.5) is 0 Å². The molecule has 0 spiro atoms. The fourth-order valence-corrected chi connectivity index (χ4v) is 4.30. The number of fused-ring (bicyclic) bond motifs is 5. The monoisotopic (exact) mass is 389 g/mol. The summed E-state index contributed by atoms with van der Waals surface area (Å²) in [5.41, 5.74) is 1.20. The number of likely N-dealkylation sites (tertiary alicyclic amines) is 1. The second kappa shape index (κ2) is 6.97. The molecule has 6 heteroatoms. The first-order chi connectivity index (χ1) is 14.1. The molecule has 0 aliphatic carbocycles. The highest BCUT2D eigenvalue weighted by atomic mass is 16.5. The molecule has 6 nitrogen and oxygen atoms in total. The van der Waals surface area contributed by atoms with Crippen LogP contribution in [0, 0.1) is 11.8 Å². The SMILES string of the molecule is O=C(c1ccccc1)c1ccc(OCCN2C(=O)C3C4C=CC(O4)C3C2=O)cc1. The molecule has 4 atom stereocenters. The van der Waals surface area contributed by atoms with Crippen molar-refractivity contribution in [2.45, 2.75) is 12.2 Å². The number of carbonyl (C=O) groups is 3. The Morgan fingerprint density at radius 1 is 0.862 bits per heavy atom. The molecule has 0 N–H and O–H groups in total.